The van der Waals surface area contributed by atoms with E-state index in [2.05, 4.69) is 5.10 Å². The molecule has 7 nitrogen and oxygen atoms in total. The van der Waals surface area contributed by atoms with Gasteiger partial charge in [0.15, 0.2) is 0 Å². The largest absolute Gasteiger partial charge is 0.444 e. The second kappa shape index (κ2) is 9.56. The van der Waals surface area contributed by atoms with Gasteiger partial charge in [-0.1, -0.05) is 60.2 Å². The van der Waals surface area contributed by atoms with E-state index in [1.54, 1.807) is 57.2 Å². The number of nitrogens with zero attached hydrogens (tertiary/aromatic N) is 3. The fraction of sp³-hybridized carbons (Fsp3) is 0.333. The number of hydrogen-bond donors (Lipinski definition) is 0. The van der Waals surface area contributed by atoms with Gasteiger partial charge in [0.25, 0.3) is 10.0 Å². The van der Waals surface area contributed by atoms with Crippen molar-refractivity contribution in [3.63, 3.8) is 0 Å². The van der Waals surface area contributed by atoms with Crippen molar-refractivity contribution < 1.29 is 17.9 Å². The first-order valence-electron chi connectivity index (χ1n) is 10.4. The Hall–Kier alpha value is -3.13. The number of carbonyl (C=O) groups is 1. The summed E-state index contributed by atoms with van der Waals surface area (Å²) in [6.45, 7) is 7.74. The van der Waals surface area contributed by atoms with Gasteiger partial charge in [-0.3, -0.25) is 0 Å². The maximum atomic E-state index is 13.5. The molecule has 1 atom stereocenters. The second-order valence-corrected chi connectivity index (χ2v) is 10.4. The SMILES string of the molecule is Cc1ccc(S(=O)(=O)N(/N=C/c2ccccc2)C2C=CCN(C(=O)OC(C)(C)C)C2)cc1. The molecule has 1 unspecified atom stereocenters. The van der Waals surface area contributed by atoms with E-state index >= 15 is 0 Å². The van der Waals surface area contributed by atoms with Crippen LogP contribution in [0.15, 0.2) is 76.7 Å². The van der Waals surface area contributed by atoms with Crippen LogP contribution in [0.4, 0.5) is 4.79 Å². The molecule has 1 heterocycles. The zero-order chi connectivity index (χ0) is 23.4. The standard InChI is InChI=1S/C24H29N3O4S/c1-19-12-14-22(15-13-19)32(29,30)27(25-17-20-9-6-5-7-10-20)21-11-8-16-26(18-21)23(28)31-24(2,3)4/h5-15,17,21H,16,18H2,1-4H3/b25-17+. The van der Waals surface area contributed by atoms with Crippen LogP contribution >= 0.6 is 0 Å². The lowest BCUT2D eigenvalue weighted by Crippen LogP contribution is -2.48. The molecule has 1 aliphatic heterocycles. The number of hydrogen-bond acceptors (Lipinski definition) is 5. The summed E-state index contributed by atoms with van der Waals surface area (Å²) in [5.74, 6) is 0. The lowest BCUT2D eigenvalue weighted by atomic mass is 10.2. The Morgan fingerprint density at radius 3 is 2.41 bits per heavy atom. The molecule has 32 heavy (non-hydrogen) atoms. The van der Waals surface area contributed by atoms with Crippen LogP contribution in [0.1, 0.15) is 31.9 Å². The number of aryl methyl sites for hydroxylation is 1. The Kier molecular flexibility index (Phi) is 7.03. The monoisotopic (exact) mass is 455 g/mol. The molecule has 2 aromatic carbocycles. The van der Waals surface area contributed by atoms with Gasteiger partial charge in [-0.2, -0.15) is 17.9 Å². The highest BCUT2D eigenvalue weighted by molar-refractivity contribution is 7.89. The molecule has 1 amide bonds. The van der Waals surface area contributed by atoms with Crippen molar-refractivity contribution in [3.05, 3.63) is 77.9 Å². The Bertz CT molecular complexity index is 1090. The van der Waals surface area contributed by atoms with Crippen LogP contribution in [0.2, 0.25) is 0 Å². The molecule has 0 saturated heterocycles. The molecule has 3 rings (SSSR count). The van der Waals surface area contributed by atoms with Crippen LogP contribution in [-0.4, -0.2) is 54.8 Å². The van der Waals surface area contributed by atoms with Crippen LogP contribution in [-0.2, 0) is 14.8 Å². The van der Waals surface area contributed by atoms with E-state index in [0.717, 1.165) is 15.5 Å². The number of amides is 1. The van der Waals surface area contributed by atoms with Crippen LogP contribution in [0, 0.1) is 6.92 Å². The van der Waals surface area contributed by atoms with Gasteiger partial charge in [0, 0.05) is 6.54 Å². The lowest BCUT2D eigenvalue weighted by Gasteiger charge is -2.34. The average molecular weight is 456 g/mol. The summed E-state index contributed by atoms with van der Waals surface area (Å²) in [6, 6.07) is 15.2. The quantitative estimate of drug-likeness (QED) is 0.385. The van der Waals surface area contributed by atoms with Crippen molar-refractivity contribution in [3.8, 4) is 0 Å². The summed E-state index contributed by atoms with van der Waals surface area (Å²) >= 11 is 0. The van der Waals surface area contributed by atoms with E-state index in [1.807, 2.05) is 37.3 Å². The molecule has 0 fully saturated rings. The maximum absolute atomic E-state index is 13.5. The topological polar surface area (TPSA) is 79.3 Å². The van der Waals surface area contributed by atoms with Crippen LogP contribution in [0.3, 0.4) is 0 Å². The molecule has 170 valence electrons. The Labute approximate surface area is 190 Å². The summed E-state index contributed by atoms with van der Waals surface area (Å²) < 4.78 is 33.6. The summed E-state index contributed by atoms with van der Waals surface area (Å²) in [6.07, 6.45) is 4.53. The Morgan fingerprint density at radius 1 is 1.12 bits per heavy atom. The second-order valence-electron chi connectivity index (χ2n) is 8.63. The molecule has 0 saturated carbocycles. The third-order valence-electron chi connectivity index (χ3n) is 4.71. The molecule has 0 aliphatic carbocycles. The molecule has 0 radical (unpaired) electrons. The summed E-state index contributed by atoms with van der Waals surface area (Å²) in [4.78, 5) is 14.2. The third kappa shape index (κ3) is 5.97. The third-order valence-corrected chi connectivity index (χ3v) is 6.44. The Balaban J connectivity index is 1.94. The minimum atomic E-state index is -3.97. The molecule has 8 heteroatoms. The van der Waals surface area contributed by atoms with Gasteiger partial charge in [-0.15, -0.1) is 0 Å². The normalized spacial score (nSPS) is 16.9. The van der Waals surface area contributed by atoms with Gasteiger partial charge in [0.1, 0.15) is 11.6 Å². The number of rotatable bonds is 5. The smallest absolute Gasteiger partial charge is 0.410 e. The summed E-state index contributed by atoms with van der Waals surface area (Å²) in [5, 5.41) is 4.35. The van der Waals surface area contributed by atoms with E-state index in [0.29, 0.717) is 6.54 Å². The van der Waals surface area contributed by atoms with Gasteiger partial charge < -0.3 is 9.64 Å². The van der Waals surface area contributed by atoms with E-state index < -0.39 is 27.8 Å². The van der Waals surface area contributed by atoms with Gasteiger partial charge in [0.2, 0.25) is 0 Å². The minimum Gasteiger partial charge on any atom is -0.444 e. The average Bonchev–Trinajstić information content (AvgIpc) is 2.74. The number of ether oxygens (including phenoxy) is 1. The number of hydrazone groups is 1. The fourth-order valence-electron chi connectivity index (χ4n) is 3.13. The lowest BCUT2D eigenvalue weighted by molar-refractivity contribution is 0.0239. The molecular weight excluding hydrogens is 426 g/mol. The zero-order valence-corrected chi connectivity index (χ0v) is 19.6. The minimum absolute atomic E-state index is 0.128. The molecule has 0 aromatic heterocycles. The predicted octanol–water partition coefficient (Wildman–Crippen LogP) is 4.20. The van der Waals surface area contributed by atoms with Gasteiger partial charge >= 0.3 is 6.09 Å². The number of benzene rings is 2. The summed E-state index contributed by atoms with van der Waals surface area (Å²) in [5.41, 5.74) is 1.07. The Morgan fingerprint density at radius 2 is 1.78 bits per heavy atom. The maximum Gasteiger partial charge on any atom is 0.410 e. The molecular formula is C24H29N3O4S. The molecule has 1 aliphatic rings. The first kappa shape index (κ1) is 23.5. The molecule has 0 bridgehead atoms. The van der Waals surface area contributed by atoms with Crippen LogP contribution in [0.25, 0.3) is 0 Å². The molecule has 2 aromatic rings. The first-order chi connectivity index (χ1) is 15.1. The highest BCUT2D eigenvalue weighted by Gasteiger charge is 2.34. The van der Waals surface area contributed by atoms with Gasteiger partial charge in [-0.05, 0) is 45.4 Å². The van der Waals surface area contributed by atoms with E-state index in [-0.39, 0.29) is 11.4 Å². The van der Waals surface area contributed by atoms with E-state index in [4.69, 9.17) is 4.74 Å². The van der Waals surface area contributed by atoms with Crippen LogP contribution < -0.4 is 0 Å². The molecule has 0 spiro atoms. The van der Waals surface area contributed by atoms with Crippen LogP contribution in [0.5, 0.6) is 0 Å². The van der Waals surface area contributed by atoms with Gasteiger partial charge in [-0.25, -0.2) is 4.79 Å². The highest BCUT2D eigenvalue weighted by atomic mass is 32.2. The summed E-state index contributed by atoms with van der Waals surface area (Å²) in [7, 11) is -3.97. The first-order valence-corrected chi connectivity index (χ1v) is 11.8. The fourth-order valence-corrected chi connectivity index (χ4v) is 4.49. The van der Waals surface area contributed by atoms with Crippen molar-refractivity contribution in [2.75, 3.05) is 13.1 Å². The highest BCUT2D eigenvalue weighted by Crippen LogP contribution is 2.23. The number of sulfonamides is 1. The predicted molar refractivity (Wildman–Crippen MR) is 125 cm³/mol. The van der Waals surface area contributed by atoms with Crippen molar-refractivity contribution in [1.29, 1.82) is 0 Å². The zero-order valence-electron chi connectivity index (χ0n) is 18.8. The number of carbonyl (C=O) groups excluding carboxylic acids is 1. The van der Waals surface area contributed by atoms with Crippen molar-refractivity contribution in [2.45, 2.75) is 44.2 Å². The van der Waals surface area contributed by atoms with Gasteiger partial charge in [0.05, 0.1) is 17.7 Å². The van der Waals surface area contributed by atoms with Crippen molar-refractivity contribution in [1.82, 2.24) is 9.31 Å². The van der Waals surface area contributed by atoms with E-state index in [9.17, 15) is 13.2 Å². The van der Waals surface area contributed by atoms with Crippen molar-refractivity contribution in [2.24, 2.45) is 5.10 Å². The van der Waals surface area contributed by atoms with Crippen molar-refractivity contribution >= 4 is 22.3 Å². The molecule has 0 N–H and O–H groups in total. The van der Waals surface area contributed by atoms with E-state index in [1.165, 1.54) is 11.1 Å².